The van der Waals surface area contributed by atoms with Gasteiger partial charge >= 0.3 is 0 Å². The maximum absolute atomic E-state index is 12.7. The number of carbonyl (C=O) groups excluding carboxylic acids is 2. The summed E-state index contributed by atoms with van der Waals surface area (Å²) in [5.41, 5.74) is 4.07. The number of anilines is 1. The van der Waals surface area contributed by atoms with E-state index in [1.165, 1.54) is 4.90 Å². The Hall–Kier alpha value is -2.57. The Morgan fingerprint density at radius 2 is 2.16 bits per heavy atom. The number of nitrogens with one attached hydrogen (secondary N) is 2. The molecule has 0 aliphatic carbocycles. The maximum atomic E-state index is 12.7. The van der Waals surface area contributed by atoms with E-state index in [2.05, 4.69) is 15.8 Å². The molecule has 0 saturated heterocycles. The fraction of sp³-hybridized carbons (Fsp3) is 0.500. The molecule has 0 radical (unpaired) electrons. The van der Waals surface area contributed by atoms with Crippen molar-refractivity contribution in [2.45, 2.75) is 32.2 Å². The highest BCUT2D eigenvalue weighted by Gasteiger charge is 2.32. The lowest BCUT2D eigenvalue weighted by atomic mass is 9.97. The molecule has 0 saturated carbocycles. The molecule has 0 bridgehead atoms. The minimum absolute atomic E-state index is 0.0459. The van der Waals surface area contributed by atoms with Gasteiger partial charge < -0.3 is 20.4 Å². The van der Waals surface area contributed by atoms with Crippen LogP contribution < -0.4 is 20.4 Å². The van der Waals surface area contributed by atoms with Crippen LogP contribution in [-0.2, 0) is 9.59 Å². The molecule has 1 aromatic rings. The predicted molar refractivity (Wildman–Crippen MR) is 95.7 cm³/mol. The number of carbonyl (C=O) groups is 2. The first kappa shape index (κ1) is 17.3. The number of hydrogen-bond donors (Lipinski definition) is 2. The van der Waals surface area contributed by atoms with Gasteiger partial charge in [-0.2, -0.15) is 5.10 Å². The molecule has 2 amide bonds. The molecule has 2 aliphatic heterocycles. The molecule has 7 heteroatoms. The summed E-state index contributed by atoms with van der Waals surface area (Å²) in [4.78, 5) is 26.9. The van der Waals surface area contributed by atoms with Crippen molar-refractivity contribution >= 4 is 23.2 Å². The number of para-hydroxylation sites is 2. The molecule has 0 aromatic heterocycles. The van der Waals surface area contributed by atoms with Gasteiger partial charge in [0.05, 0.1) is 5.69 Å². The van der Waals surface area contributed by atoms with Crippen molar-refractivity contribution in [3.8, 4) is 5.75 Å². The predicted octanol–water partition coefficient (Wildman–Crippen LogP) is 1.29. The van der Waals surface area contributed by atoms with Gasteiger partial charge in [-0.25, -0.2) is 0 Å². The van der Waals surface area contributed by atoms with Crippen molar-refractivity contribution in [1.82, 2.24) is 10.7 Å². The smallest absolute Gasteiger partial charge is 0.268 e. The monoisotopic (exact) mass is 344 g/mol. The molecule has 2 heterocycles. The highest BCUT2D eigenvalue weighted by molar-refractivity contribution is 6.40. The molecule has 1 aromatic carbocycles. The van der Waals surface area contributed by atoms with Crippen LogP contribution in [0.15, 0.2) is 29.4 Å². The van der Waals surface area contributed by atoms with Gasteiger partial charge in [0.25, 0.3) is 11.8 Å². The van der Waals surface area contributed by atoms with E-state index in [1.807, 2.05) is 31.2 Å². The van der Waals surface area contributed by atoms with E-state index < -0.39 is 6.04 Å². The zero-order chi connectivity index (χ0) is 17.8. The van der Waals surface area contributed by atoms with Crippen LogP contribution in [0.3, 0.4) is 0 Å². The summed E-state index contributed by atoms with van der Waals surface area (Å²) >= 11 is 0. The van der Waals surface area contributed by atoms with Gasteiger partial charge in [0.2, 0.25) is 0 Å². The number of fused-ring (bicyclic) bond motifs is 1. The minimum atomic E-state index is -0.745. The topological polar surface area (TPSA) is 83.0 Å². The highest BCUT2D eigenvalue weighted by atomic mass is 16.5. The average Bonchev–Trinajstić information content (AvgIpc) is 2.71. The number of hydrazone groups is 1. The molecule has 3 rings (SSSR count). The molecule has 25 heavy (non-hydrogen) atoms. The van der Waals surface area contributed by atoms with E-state index in [0.29, 0.717) is 17.1 Å². The van der Waals surface area contributed by atoms with Crippen LogP contribution in [0.25, 0.3) is 0 Å². The van der Waals surface area contributed by atoms with Gasteiger partial charge in [0, 0.05) is 19.5 Å². The van der Waals surface area contributed by atoms with Crippen molar-refractivity contribution < 1.29 is 14.3 Å². The third-order valence-corrected chi connectivity index (χ3v) is 4.64. The second kappa shape index (κ2) is 7.55. The number of ether oxygens (including phenoxy) is 1. The number of nitrogens with zero attached hydrogens (tertiary/aromatic N) is 2. The van der Waals surface area contributed by atoms with Gasteiger partial charge in [0.1, 0.15) is 24.1 Å². The fourth-order valence-electron chi connectivity index (χ4n) is 3.11. The Labute approximate surface area is 147 Å². The molecule has 0 fully saturated rings. The van der Waals surface area contributed by atoms with Gasteiger partial charge in [-0.3, -0.25) is 9.59 Å². The molecular weight excluding hydrogens is 320 g/mol. The van der Waals surface area contributed by atoms with Crippen LogP contribution in [0.1, 0.15) is 26.2 Å². The molecule has 2 aliphatic rings. The van der Waals surface area contributed by atoms with Crippen LogP contribution in [0.2, 0.25) is 0 Å². The van der Waals surface area contributed by atoms with Crippen molar-refractivity contribution in [1.29, 1.82) is 0 Å². The zero-order valence-corrected chi connectivity index (χ0v) is 14.6. The normalized spacial score (nSPS) is 25.9. The number of benzene rings is 1. The molecule has 2 atom stereocenters. The summed E-state index contributed by atoms with van der Waals surface area (Å²) in [6.07, 6.45) is 3.00. The van der Waals surface area contributed by atoms with Crippen LogP contribution >= 0.6 is 0 Å². The molecular formula is C18H24N4O3. The SMILES string of the molecule is CC1CCCCN/N=C\1C(=O)N[C@H]1COc2ccccc2N(C)C1=O. The van der Waals surface area contributed by atoms with E-state index in [0.717, 1.165) is 25.8 Å². The standard InChI is InChI=1S/C18H24N4O3/c1-12-7-5-6-10-19-21-16(12)17(23)20-13-11-25-15-9-4-3-8-14(15)22(2)18(13)24/h3-4,8-9,12-13,19H,5-7,10-11H2,1-2H3,(H,20,23)/b21-16+/t12?,13-/m0/s1. The average molecular weight is 344 g/mol. The molecule has 7 nitrogen and oxygen atoms in total. The first-order valence-electron chi connectivity index (χ1n) is 8.68. The Bertz CT molecular complexity index is 689. The lowest BCUT2D eigenvalue weighted by Gasteiger charge is -2.22. The highest BCUT2D eigenvalue weighted by Crippen LogP contribution is 2.29. The summed E-state index contributed by atoms with van der Waals surface area (Å²) in [5, 5.41) is 7.02. The minimum Gasteiger partial charge on any atom is -0.489 e. The van der Waals surface area contributed by atoms with E-state index >= 15 is 0 Å². The lowest BCUT2D eigenvalue weighted by molar-refractivity contribution is -0.125. The first-order chi connectivity index (χ1) is 12.1. The van der Waals surface area contributed by atoms with Gasteiger partial charge in [-0.15, -0.1) is 0 Å². The molecule has 1 unspecified atom stereocenters. The van der Waals surface area contributed by atoms with Crippen molar-refractivity contribution in [3.63, 3.8) is 0 Å². The van der Waals surface area contributed by atoms with Gasteiger partial charge in [-0.05, 0) is 25.0 Å². The lowest BCUT2D eigenvalue weighted by Crippen LogP contribution is -2.52. The molecule has 2 N–H and O–H groups in total. The first-order valence-corrected chi connectivity index (χ1v) is 8.68. The zero-order valence-electron chi connectivity index (χ0n) is 14.6. The summed E-state index contributed by atoms with van der Waals surface area (Å²) in [7, 11) is 1.69. The Balaban J connectivity index is 1.74. The van der Waals surface area contributed by atoms with E-state index in [4.69, 9.17) is 4.74 Å². The third kappa shape index (κ3) is 3.75. The number of hydrogen-bond acceptors (Lipinski definition) is 5. The Morgan fingerprint density at radius 3 is 3.00 bits per heavy atom. The number of rotatable bonds is 2. The van der Waals surface area contributed by atoms with Crippen LogP contribution in [0.5, 0.6) is 5.75 Å². The van der Waals surface area contributed by atoms with E-state index in [1.54, 1.807) is 7.05 Å². The van der Waals surface area contributed by atoms with Crippen molar-refractivity contribution in [2.75, 3.05) is 25.1 Å². The number of likely N-dealkylation sites (N-methyl/N-ethyl adjacent to an activating group) is 1. The summed E-state index contributed by atoms with van der Waals surface area (Å²) in [5.74, 6) is 0.159. The number of amides is 2. The Morgan fingerprint density at radius 1 is 1.36 bits per heavy atom. The van der Waals surface area contributed by atoms with Gasteiger partial charge in [0.15, 0.2) is 0 Å². The molecule has 0 spiro atoms. The van der Waals surface area contributed by atoms with Crippen LogP contribution in [-0.4, -0.2) is 43.8 Å². The van der Waals surface area contributed by atoms with Crippen LogP contribution in [0, 0.1) is 5.92 Å². The summed E-state index contributed by atoms with van der Waals surface area (Å²) in [6.45, 7) is 2.84. The molecule has 134 valence electrons. The van der Waals surface area contributed by atoms with Crippen LogP contribution in [0.4, 0.5) is 5.69 Å². The van der Waals surface area contributed by atoms with Gasteiger partial charge in [-0.1, -0.05) is 25.5 Å². The van der Waals surface area contributed by atoms with Crippen molar-refractivity contribution in [3.05, 3.63) is 24.3 Å². The maximum Gasteiger partial charge on any atom is 0.268 e. The van der Waals surface area contributed by atoms with E-state index in [-0.39, 0.29) is 24.3 Å². The fourth-order valence-corrected chi connectivity index (χ4v) is 3.11. The summed E-state index contributed by atoms with van der Waals surface area (Å²) in [6, 6.07) is 6.59. The largest absolute Gasteiger partial charge is 0.489 e. The summed E-state index contributed by atoms with van der Waals surface area (Å²) < 4.78 is 5.73. The second-order valence-electron chi connectivity index (χ2n) is 6.50. The van der Waals surface area contributed by atoms with Crippen molar-refractivity contribution in [2.24, 2.45) is 11.0 Å². The Kier molecular flexibility index (Phi) is 5.21. The third-order valence-electron chi connectivity index (χ3n) is 4.64. The second-order valence-corrected chi connectivity index (χ2v) is 6.50. The van der Waals surface area contributed by atoms with E-state index in [9.17, 15) is 9.59 Å². The quantitative estimate of drug-likeness (QED) is 0.847.